The minimum Gasteiger partial charge on any atom is -0.238 e. The Morgan fingerprint density at radius 2 is 2.05 bits per heavy atom. The molecule has 0 spiro atoms. The van der Waals surface area contributed by atoms with Crippen molar-refractivity contribution in [3.63, 3.8) is 0 Å². The molecule has 0 aromatic carbocycles. The van der Waals surface area contributed by atoms with E-state index in [1.54, 1.807) is 4.68 Å². The first-order chi connectivity index (χ1) is 9.10. The average Bonchev–Trinajstić information content (AvgIpc) is 3.12. The molecule has 6 heteroatoms. The number of hydrogen-bond acceptors (Lipinski definition) is 3. The van der Waals surface area contributed by atoms with E-state index in [1.165, 1.54) is 12.8 Å². The second-order valence-electron chi connectivity index (χ2n) is 4.89. The molecule has 2 heterocycles. The molecule has 0 N–H and O–H groups in total. The zero-order valence-electron chi connectivity index (χ0n) is 10.8. The Hall–Kier alpha value is -1.13. The predicted molar refractivity (Wildman–Crippen MR) is 75.2 cm³/mol. The van der Waals surface area contributed by atoms with Crippen molar-refractivity contribution < 1.29 is 0 Å². The minimum absolute atomic E-state index is 0.383. The minimum atomic E-state index is 0.383. The van der Waals surface area contributed by atoms with E-state index in [2.05, 4.69) is 15.1 Å². The Morgan fingerprint density at radius 3 is 2.63 bits per heavy atom. The third-order valence-corrected chi connectivity index (χ3v) is 3.87. The summed E-state index contributed by atoms with van der Waals surface area (Å²) in [6.45, 7) is 3.79. The molecule has 19 heavy (non-hydrogen) atoms. The summed E-state index contributed by atoms with van der Waals surface area (Å²) in [6.07, 6.45) is 2.33. The molecular weight excluding hydrogens is 283 g/mol. The highest BCUT2D eigenvalue weighted by molar-refractivity contribution is 6.31. The van der Waals surface area contributed by atoms with Crippen molar-refractivity contribution in [2.75, 3.05) is 0 Å². The first-order valence-electron chi connectivity index (χ1n) is 6.26. The van der Waals surface area contributed by atoms with Gasteiger partial charge in [0.15, 0.2) is 5.82 Å². The zero-order chi connectivity index (χ0) is 13.6. The number of hydrogen-bond donors (Lipinski definition) is 0. The molecule has 4 nitrogen and oxygen atoms in total. The van der Waals surface area contributed by atoms with E-state index < -0.39 is 0 Å². The van der Waals surface area contributed by atoms with Crippen LogP contribution < -0.4 is 0 Å². The third kappa shape index (κ3) is 2.35. The molecule has 2 aromatic heterocycles. The van der Waals surface area contributed by atoms with Gasteiger partial charge in [0.2, 0.25) is 0 Å². The Kier molecular flexibility index (Phi) is 3.23. The molecule has 1 fully saturated rings. The smallest absolute Gasteiger partial charge is 0.159 e. The summed E-state index contributed by atoms with van der Waals surface area (Å²) < 4.78 is 1.68. The van der Waals surface area contributed by atoms with Gasteiger partial charge in [0.25, 0.3) is 0 Å². The van der Waals surface area contributed by atoms with Gasteiger partial charge < -0.3 is 0 Å². The molecule has 0 bridgehead atoms. The highest BCUT2D eigenvalue weighted by Crippen LogP contribution is 2.43. The number of aromatic nitrogens is 4. The van der Waals surface area contributed by atoms with Crippen molar-refractivity contribution in [1.82, 2.24) is 19.7 Å². The van der Waals surface area contributed by atoms with Gasteiger partial charge in [-0.3, -0.25) is 0 Å². The summed E-state index contributed by atoms with van der Waals surface area (Å²) in [7, 11) is 0. The lowest BCUT2D eigenvalue weighted by molar-refractivity contribution is 0.796. The Bertz CT molecular complexity index is 612. The van der Waals surface area contributed by atoms with Gasteiger partial charge in [-0.2, -0.15) is 5.10 Å². The lowest BCUT2D eigenvalue weighted by Crippen LogP contribution is -2.04. The lowest BCUT2D eigenvalue weighted by Gasteiger charge is -2.04. The number of rotatable bonds is 3. The molecule has 1 aliphatic carbocycles. The monoisotopic (exact) mass is 296 g/mol. The largest absolute Gasteiger partial charge is 0.238 e. The summed E-state index contributed by atoms with van der Waals surface area (Å²) in [4.78, 5) is 8.66. The number of halogens is 2. The molecule has 0 unspecified atom stereocenters. The Labute approximate surface area is 121 Å². The van der Waals surface area contributed by atoms with Crippen molar-refractivity contribution in [3.05, 3.63) is 34.0 Å². The topological polar surface area (TPSA) is 43.6 Å². The first kappa shape index (κ1) is 12.9. The van der Waals surface area contributed by atoms with Crippen LogP contribution in [0.3, 0.4) is 0 Å². The second kappa shape index (κ2) is 4.76. The third-order valence-electron chi connectivity index (χ3n) is 3.22. The van der Waals surface area contributed by atoms with E-state index in [-0.39, 0.29) is 0 Å². The Morgan fingerprint density at radius 1 is 1.32 bits per heavy atom. The van der Waals surface area contributed by atoms with E-state index in [9.17, 15) is 0 Å². The van der Waals surface area contributed by atoms with Crippen LogP contribution in [0.4, 0.5) is 0 Å². The molecule has 2 aromatic rings. The number of alkyl halides is 1. The average molecular weight is 297 g/mol. The fraction of sp³-hybridized carbons (Fsp3) is 0.462. The van der Waals surface area contributed by atoms with E-state index in [0.717, 1.165) is 17.0 Å². The molecule has 3 rings (SSSR count). The zero-order valence-corrected chi connectivity index (χ0v) is 12.3. The molecule has 0 atom stereocenters. The van der Waals surface area contributed by atoms with Gasteiger partial charge in [0.05, 0.1) is 11.6 Å². The summed E-state index contributed by atoms with van der Waals surface area (Å²) >= 11 is 12.4. The Balaban J connectivity index is 2.14. The molecule has 1 aliphatic rings. The maximum atomic E-state index is 6.40. The fourth-order valence-electron chi connectivity index (χ4n) is 2.21. The molecule has 0 amide bonds. The number of aryl methyl sites for hydroxylation is 2. The van der Waals surface area contributed by atoms with Crippen LogP contribution in [0.1, 0.15) is 41.5 Å². The van der Waals surface area contributed by atoms with E-state index >= 15 is 0 Å². The van der Waals surface area contributed by atoms with E-state index in [1.807, 2.05) is 19.9 Å². The molecular formula is C13H14Cl2N4. The van der Waals surface area contributed by atoms with Gasteiger partial charge in [-0.15, -0.1) is 11.6 Å². The maximum Gasteiger partial charge on any atom is 0.159 e. The molecule has 1 saturated carbocycles. The predicted octanol–water partition coefficient (Wildman–Crippen LogP) is 3.55. The van der Waals surface area contributed by atoms with Crippen LogP contribution in [-0.2, 0) is 5.88 Å². The summed E-state index contributed by atoms with van der Waals surface area (Å²) in [5.41, 5.74) is 2.85. The first-order valence-corrected chi connectivity index (χ1v) is 7.17. The van der Waals surface area contributed by atoms with Gasteiger partial charge in [0, 0.05) is 23.2 Å². The second-order valence-corrected chi connectivity index (χ2v) is 5.51. The highest BCUT2D eigenvalue weighted by atomic mass is 35.5. The number of nitrogens with zero attached hydrogens (tertiary/aromatic N) is 4. The van der Waals surface area contributed by atoms with Crippen molar-refractivity contribution >= 4 is 23.2 Å². The van der Waals surface area contributed by atoms with E-state index in [0.29, 0.717) is 28.6 Å². The molecule has 0 radical (unpaired) electrons. The lowest BCUT2D eigenvalue weighted by atomic mass is 10.2. The van der Waals surface area contributed by atoms with Crippen LogP contribution in [0.25, 0.3) is 5.82 Å². The quantitative estimate of drug-likeness (QED) is 0.814. The standard InChI is InChI=1S/C13H14Cl2N4/c1-7-5-11(17-8(2)16-7)19-13(15)10(6-14)12(18-19)9-3-4-9/h5,9H,3-4,6H2,1-2H3. The van der Waals surface area contributed by atoms with Crippen LogP contribution in [-0.4, -0.2) is 19.7 Å². The van der Waals surface area contributed by atoms with Crippen molar-refractivity contribution in [3.8, 4) is 5.82 Å². The summed E-state index contributed by atoms with van der Waals surface area (Å²) in [5, 5.41) is 5.17. The van der Waals surface area contributed by atoms with Gasteiger partial charge in [-0.1, -0.05) is 11.6 Å². The van der Waals surface area contributed by atoms with Gasteiger partial charge in [0.1, 0.15) is 11.0 Å². The van der Waals surface area contributed by atoms with Crippen LogP contribution in [0.5, 0.6) is 0 Å². The summed E-state index contributed by atoms with van der Waals surface area (Å²) in [5.74, 6) is 2.31. The van der Waals surface area contributed by atoms with Gasteiger partial charge >= 0.3 is 0 Å². The van der Waals surface area contributed by atoms with Crippen molar-refractivity contribution in [2.45, 2.75) is 38.5 Å². The van der Waals surface area contributed by atoms with Crippen LogP contribution in [0, 0.1) is 13.8 Å². The van der Waals surface area contributed by atoms with Crippen LogP contribution >= 0.6 is 23.2 Å². The maximum absolute atomic E-state index is 6.40. The SMILES string of the molecule is Cc1cc(-n2nc(C3CC3)c(CCl)c2Cl)nc(C)n1. The molecule has 0 aliphatic heterocycles. The van der Waals surface area contributed by atoms with Crippen LogP contribution in [0.15, 0.2) is 6.07 Å². The summed E-state index contributed by atoms with van der Waals surface area (Å²) in [6, 6.07) is 1.88. The van der Waals surface area contributed by atoms with Crippen molar-refractivity contribution in [1.29, 1.82) is 0 Å². The van der Waals surface area contributed by atoms with Crippen molar-refractivity contribution in [2.24, 2.45) is 0 Å². The van der Waals surface area contributed by atoms with Crippen LogP contribution in [0.2, 0.25) is 5.15 Å². The molecule has 0 saturated heterocycles. The van der Waals surface area contributed by atoms with E-state index in [4.69, 9.17) is 23.2 Å². The normalized spacial score (nSPS) is 14.9. The fourth-order valence-corrected chi connectivity index (χ4v) is 2.83. The van der Waals surface area contributed by atoms with Gasteiger partial charge in [-0.25, -0.2) is 14.6 Å². The molecule has 100 valence electrons. The highest BCUT2D eigenvalue weighted by Gasteiger charge is 2.31. The van der Waals surface area contributed by atoms with Gasteiger partial charge in [-0.05, 0) is 26.7 Å².